The lowest BCUT2D eigenvalue weighted by Crippen LogP contribution is -2.44. The van der Waals surface area contributed by atoms with Crippen LogP contribution in [0.5, 0.6) is 5.75 Å². The molecule has 3 rings (SSSR count). The molecular weight excluding hydrogens is 386 g/mol. The van der Waals surface area contributed by atoms with Crippen molar-refractivity contribution in [1.29, 1.82) is 0 Å². The molecule has 0 aliphatic carbocycles. The number of hydrogen-bond acceptors (Lipinski definition) is 5. The summed E-state index contributed by atoms with van der Waals surface area (Å²) in [5, 5.41) is 13.7. The van der Waals surface area contributed by atoms with Gasteiger partial charge in [0.15, 0.2) is 18.2 Å². The minimum absolute atomic E-state index is 0.110. The van der Waals surface area contributed by atoms with Gasteiger partial charge in [0, 0.05) is 42.3 Å². The molecule has 2 aromatic carbocycles. The number of carbonyl (C=O) groups excluding carboxylic acids is 2. The van der Waals surface area contributed by atoms with E-state index in [-0.39, 0.29) is 23.1 Å². The molecule has 0 saturated carbocycles. The van der Waals surface area contributed by atoms with Crippen LogP contribution in [0.15, 0.2) is 73.1 Å². The summed E-state index contributed by atoms with van der Waals surface area (Å²) in [7, 11) is 1.41. The summed E-state index contributed by atoms with van der Waals surface area (Å²) in [6, 6.07) is 15.6. The second kappa shape index (κ2) is 8.95. The lowest BCUT2D eigenvalue weighted by atomic mass is 10.0. The first-order valence-corrected chi connectivity index (χ1v) is 9.14. The second-order valence-electron chi connectivity index (χ2n) is 6.54. The lowest BCUT2D eigenvalue weighted by molar-refractivity contribution is -0.705. The summed E-state index contributed by atoms with van der Waals surface area (Å²) in [6.45, 7) is 1.68. The Balaban J connectivity index is 1.76. The fraction of sp³-hybridized carbons (Fsp3) is 0.136. The number of pyridine rings is 1. The van der Waals surface area contributed by atoms with Crippen LogP contribution in [-0.2, 0) is 4.79 Å². The number of hydrogen-bond donors (Lipinski definition) is 1. The summed E-state index contributed by atoms with van der Waals surface area (Å²) < 4.78 is 6.81. The Kier molecular flexibility index (Phi) is 6.17. The maximum absolute atomic E-state index is 12.7. The summed E-state index contributed by atoms with van der Waals surface area (Å²) in [4.78, 5) is 35.6. The first-order chi connectivity index (χ1) is 14.4. The van der Waals surface area contributed by atoms with Gasteiger partial charge in [0.1, 0.15) is 5.75 Å². The number of ketones is 1. The molecule has 30 heavy (non-hydrogen) atoms. The number of anilines is 1. The second-order valence-corrected chi connectivity index (χ2v) is 6.54. The highest BCUT2D eigenvalue weighted by atomic mass is 16.6. The van der Waals surface area contributed by atoms with E-state index in [1.165, 1.54) is 25.3 Å². The number of benzene rings is 2. The average Bonchev–Trinajstić information content (AvgIpc) is 2.78. The zero-order valence-corrected chi connectivity index (χ0v) is 16.4. The molecule has 0 aliphatic heterocycles. The van der Waals surface area contributed by atoms with Gasteiger partial charge in [-0.15, -0.1) is 0 Å². The Hall–Kier alpha value is -4.07. The van der Waals surface area contributed by atoms with Gasteiger partial charge in [0.25, 0.3) is 11.6 Å². The van der Waals surface area contributed by atoms with Crippen LogP contribution in [0.3, 0.4) is 0 Å². The minimum atomic E-state index is -0.630. The van der Waals surface area contributed by atoms with Crippen molar-refractivity contribution in [2.45, 2.75) is 13.0 Å². The average molecular weight is 406 g/mol. The highest BCUT2D eigenvalue weighted by molar-refractivity contribution is 6.08. The van der Waals surface area contributed by atoms with E-state index in [2.05, 4.69) is 5.32 Å². The molecule has 3 aromatic rings. The molecule has 152 valence electrons. The highest BCUT2D eigenvalue weighted by Crippen LogP contribution is 2.29. The molecule has 0 saturated heterocycles. The monoisotopic (exact) mass is 406 g/mol. The lowest BCUT2D eigenvalue weighted by Gasteiger charge is -2.12. The number of ether oxygens (including phenoxy) is 1. The maximum Gasteiger partial charge on any atom is 0.293 e. The first-order valence-electron chi connectivity index (χ1n) is 9.14. The van der Waals surface area contributed by atoms with Gasteiger partial charge < -0.3 is 10.1 Å². The maximum atomic E-state index is 12.7. The topological polar surface area (TPSA) is 102 Å². The first kappa shape index (κ1) is 20.7. The summed E-state index contributed by atoms with van der Waals surface area (Å²) in [5.41, 5.74) is 1.14. The van der Waals surface area contributed by atoms with Gasteiger partial charge >= 0.3 is 0 Å². The van der Waals surface area contributed by atoms with Gasteiger partial charge in [-0.25, -0.2) is 0 Å². The Labute approximate surface area is 172 Å². The van der Waals surface area contributed by atoms with Crippen molar-refractivity contribution < 1.29 is 23.8 Å². The third-order valence-electron chi connectivity index (χ3n) is 4.63. The molecule has 8 heteroatoms. The Bertz CT molecular complexity index is 1080. The highest BCUT2D eigenvalue weighted by Gasteiger charge is 2.24. The van der Waals surface area contributed by atoms with Crippen LogP contribution >= 0.6 is 0 Å². The number of rotatable bonds is 7. The molecule has 0 unspecified atom stereocenters. The third kappa shape index (κ3) is 4.49. The normalized spacial score (nSPS) is 11.4. The molecule has 1 amide bonds. The Morgan fingerprint density at radius 3 is 2.27 bits per heavy atom. The standard InChI is InChI=1S/C22H19N3O5/c1-15(22(27)23-19-14-18(25(28)29)8-9-20(19)30-2)24-12-10-17(11-13-24)21(26)16-6-4-3-5-7-16/h3-15H,1-2H3/p+1/t15-/m1/s1. The number of nitro benzene ring substituents is 1. The molecule has 0 bridgehead atoms. The van der Waals surface area contributed by atoms with E-state index < -0.39 is 11.0 Å². The van der Waals surface area contributed by atoms with Gasteiger partial charge in [-0.2, -0.15) is 4.57 Å². The quantitative estimate of drug-likeness (QED) is 0.281. The van der Waals surface area contributed by atoms with Crippen LogP contribution < -0.4 is 14.6 Å². The van der Waals surface area contributed by atoms with E-state index in [0.717, 1.165) is 0 Å². The van der Waals surface area contributed by atoms with E-state index in [1.807, 2.05) is 6.07 Å². The number of nitro groups is 1. The summed E-state index contributed by atoms with van der Waals surface area (Å²) in [6.07, 6.45) is 3.29. The molecule has 0 spiro atoms. The van der Waals surface area contributed by atoms with Gasteiger partial charge in [0.2, 0.25) is 6.04 Å². The van der Waals surface area contributed by atoms with Gasteiger partial charge in [-0.05, 0) is 6.07 Å². The van der Waals surface area contributed by atoms with Crippen LogP contribution in [0, 0.1) is 10.1 Å². The van der Waals surface area contributed by atoms with Gasteiger partial charge in [0.05, 0.1) is 17.7 Å². The number of methoxy groups -OCH3 is 1. The Morgan fingerprint density at radius 1 is 1.03 bits per heavy atom. The van der Waals surface area contributed by atoms with Crippen molar-refractivity contribution in [2.75, 3.05) is 12.4 Å². The smallest absolute Gasteiger partial charge is 0.293 e. The van der Waals surface area contributed by atoms with Gasteiger partial charge in [-0.1, -0.05) is 30.3 Å². The van der Waals surface area contributed by atoms with Crippen LogP contribution in [0.25, 0.3) is 0 Å². The number of nitrogens with zero attached hydrogens (tertiary/aromatic N) is 2. The van der Waals surface area contributed by atoms with Crippen molar-refractivity contribution in [3.05, 3.63) is 94.3 Å². The molecule has 1 heterocycles. The molecular formula is C22H20N3O5+. The SMILES string of the molecule is COc1ccc([N+](=O)[O-])cc1NC(=O)[C@@H](C)[n+]1ccc(C(=O)c2ccccc2)cc1. The summed E-state index contributed by atoms with van der Waals surface area (Å²) >= 11 is 0. The zero-order chi connectivity index (χ0) is 21.7. The van der Waals surface area contributed by atoms with Gasteiger partial charge in [-0.3, -0.25) is 19.7 Å². The molecule has 0 radical (unpaired) electrons. The van der Waals surface area contributed by atoms with E-state index in [1.54, 1.807) is 60.3 Å². The number of aromatic nitrogens is 1. The molecule has 1 aromatic heterocycles. The zero-order valence-electron chi connectivity index (χ0n) is 16.4. The molecule has 1 atom stereocenters. The molecule has 0 fully saturated rings. The van der Waals surface area contributed by atoms with Crippen LogP contribution in [0.1, 0.15) is 28.9 Å². The van der Waals surface area contributed by atoms with Crippen LogP contribution in [-0.4, -0.2) is 23.7 Å². The van der Waals surface area contributed by atoms with E-state index in [0.29, 0.717) is 16.9 Å². The van der Waals surface area contributed by atoms with E-state index in [4.69, 9.17) is 4.74 Å². The van der Waals surface area contributed by atoms with Crippen LogP contribution in [0.4, 0.5) is 11.4 Å². The Morgan fingerprint density at radius 2 is 1.67 bits per heavy atom. The predicted octanol–water partition coefficient (Wildman–Crippen LogP) is 3.32. The molecule has 1 N–H and O–H groups in total. The fourth-order valence-corrected chi connectivity index (χ4v) is 2.88. The fourth-order valence-electron chi connectivity index (χ4n) is 2.88. The largest absolute Gasteiger partial charge is 0.495 e. The number of nitrogens with one attached hydrogen (secondary N) is 1. The third-order valence-corrected chi connectivity index (χ3v) is 4.63. The number of carbonyl (C=O) groups is 2. The minimum Gasteiger partial charge on any atom is -0.495 e. The van der Waals surface area contributed by atoms with Crippen molar-refractivity contribution in [3.63, 3.8) is 0 Å². The van der Waals surface area contributed by atoms with Crippen LogP contribution in [0.2, 0.25) is 0 Å². The number of non-ortho nitro benzene ring substituents is 1. The molecule has 0 aliphatic rings. The van der Waals surface area contributed by atoms with Crippen molar-refractivity contribution >= 4 is 23.1 Å². The van der Waals surface area contributed by atoms with Crippen molar-refractivity contribution in [2.24, 2.45) is 0 Å². The van der Waals surface area contributed by atoms with Crippen molar-refractivity contribution in [1.82, 2.24) is 0 Å². The van der Waals surface area contributed by atoms with E-state index >= 15 is 0 Å². The summed E-state index contributed by atoms with van der Waals surface area (Å²) in [5.74, 6) is -0.183. The molecule has 8 nitrogen and oxygen atoms in total. The van der Waals surface area contributed by atoms with E-state index in [9.17, 15) is 19.7 Å². The van der Waals surface area contributed by atoms with Crippen molar-refractivity contribution in [3.8, 4) is 5.75 Å². The number of amides is 1. The predicted molar refractivity (Wildman–Crippen MR) is 110 cm³/mol.